The quantitative estimate of drug-likeness (QED) is 0.688. The highest BCUT2D eigenvalue weighted by atomic mass is 16.4. The monoisotopic (exact) mass is 330 g/mol. The van der Waals surface area contributed by atoms with Gasteiger partial charge >= 0.3 is 5.97 Å². The first-order chi connectivity index (χ1) is 11.5. The van der Waals surface area contributed by atoms with Crippen molar-refractivity contribution in [2.45, 2.75) is 25.8 Å². The molecule has 0 atom stereocenters. The average Bonchev–Trinajstić information content (AvgIpc) is 3.06. The third-order valence-corrected chi connectivity index (χ3v) is 3.23. The molecule has 126 valence electrons. The fourth-order valence-electron chi connectivity index (χ4n) is 2.01. The number of furan rings is 1. The van der Waals surface area contributed by atoms with E-state index in [1.807, 2.05) is 0 Å². The molecule has 0 unspecified atom stereocenters. The molecule has 7 nitrogen and oxygen atoms in total. The molecule has 0 fully saturated rings. The van der Waals surface area contributed by atoms with Crippen LogP contribution < -0.4 is 10.6 Å². The van der Waals surface area contributed by atoms with Gasteiger partial charge in [-0.25, -0.2) is 0 Å². The number of carbonyl (C=O) groups is 3. The van der Waals surface area contributed by atoms with E-state index in [1.165, 1.54) is 6.26 Å². The lowest BCUT2D eigenvalue weighted by Crippen LogP contribution is -2.22. The normalized spacial score (nSPS) is 10.2. The van der Waals surface area contributed by atoms with Crippen LogP contribution >= 0.6 is 0 Å². The number of anilines is 1. The van der Waals surface area contributed by atoms with Crippen molar-refractivity contribution in [2.24, 2.45) is 0 Å². The minimum atomic E-state index is -0.923. The van der Waals surface area contributed by atoms with E-state index in [0.29, 0.717) is 23.6 Å². The number of carbonyl (C=O) groups excluding carboxylic acids is 2. The summed E-state index contributed by atoms with van der Waals surface area (Å²) in [5.41, 5.74) is 1.02. The van der Waals surface area contributed by atoms with Gasteiger partial charge in [-0.1, -0.05) is 0 Å². The Bertz CT molecular complexity index is 692. The van der Waals surface area contributed by atoms with Crippen molar-refractivity contribution < 1.29 is 23.9 Å². The predicted octanol–water partition coefficient (Wildman–Crippen LogP) is 2.40. The summed E-state index contributed by atoms with van der Waals surface area (Å²) >= 11 is 0. The van der Waals surface area contributed by atoms with Crippen LogP contribution in [0.25, 0.3) is 0 Å². The predicted molar refractivity (Wildman–Crippen MR) is 86.4 cm³/mol. The van der Waals surface area contributed by atoms with E-state index in [1.54, 1.807) is 36.4 Å². The average molecular weight is 330 g/mol. The van der Waals surface area contributed by atoms with Gasteiger partial charge in [0.25, 0.3) is 5.91 Å². The highest BCUT2D eigenvalue weighted by Crippen LogP contribution is 2.11. The van der Waals surface area contributed by atoms with Crippen molar-refractivity contribution >= 4 is 23.5 Å². The van der Waals surface area contributed by atoms with Crippen LogP contribution in [0.3, 0.4) is 0 Å². The van der Waals surface area contributed by atoms with Crippen LogP contribution in [0, 0.1) is 0 Å². The molecule has 0 saturated carbocycles. The molecule has 0 saturated heterocycles. The number of hydrogen-bond donors (Lipinski definition) is 3. The highest BCUT2D eigenvalue weighted by molar-refractivity contribution is 5.95. The Labute approximate surface area is 138 Å². The zero-order valence-corrected chi connectivity index (χ0v) is 13.0. The lowest BCUT2D eigenvalue weighted by molar-refractivity contribution is -0.137. The first-order valence-electron chi connectivity index (χ1n) is 7.47. The number of carboxylic acids is 1. The van der Waals surface area contributed by atoms with Gasteiger partial charge in [0.2, 0.25) is 5.91 Å². The van der Waals surface area contributed by atoms with Crippen molar-refractivity contribution in [3.8, 4) is 0 Å². The molecule has 0 aliphatic carbocycles. The Balaban J connectivity index is 1.80. The Hall–Kier alpha value is -3.09. The van der Waals surface area contributed by atoms with E-state index >= 15 is 0 Å². The fourth-order valence-corrected chi connectivity index (χ4v) is 2.01. The number of hydrogen-bond acceptors (Lipinski definition) is 4. The van der Waals surface area contributed by atoms with Crippen LogP contribution in [0.2, 0.25) is 0 Å². The third kappa shape index (κ3) is 5.60. The van der Waals surface area contributed by atoms with Gasteiger partial charge in [-0.2, -0.15) is 0 Å². The van der Waals surface area contributed by atoms with E-state index in [9.17, 15) is 14.4 Å². The first-order valence-corrected chi connectivity index (χ1v) is 7.47. The number of benzene rings is 1. The molecule has 0 aliphatic rings. The van der Waals surface area contributed by atoms with Gasteiger partial charge in [0, 0.05) is 24.1 Å². The summed E-state index contributed by atoms with van der Waals surface area (Å²) < 4.78 is 5.13. The SMILES string of the molecule is O=C(O)CCCC(=O)Nc1ccc(C(=O)NCc2ccco2)cc1. The summed E-state index contributed by atoms with van der Waals surface area (Å²) in [6.45, 7) is 0.300. The Morgan fingerprint density at radius 3 is 2.42 bits per heavy atom. The van der Waals surface area contributed by atoms with E-state index in [-0.39, 0.29) is 31.1 Å². The van der Waals surface area contributed by atoms with Crippen LogP contribution in [-0.4, -0.2) is 22.9 Å². The zero-order valence-electron chi connectivity index (χ0n) is 13.0. The maximum absolute atomic E-state index is 12.0. The lowest BCUT2D eigenvalue weighted by Gasteiger charge is -2.07. The molecule has 24 heavy (non-hydrogen) atoms. The minimum absolute atomic E-state index is 0.0395. The van der Waals surface area contributed by atoms with Crippen LogP contribution in [0.5, 0.6) is 0 Å². The van der Waals surface area contributed by atoms with Gasteiger partial charge < -0.3 is 20.2 Å². The molecule has 1 aromatic heterocycles. The van der Waals surface area contributed by atoms with E-state index in [2.05, 4.69) is 10.6 Å². The molecular weight excluding hydrogens is 312 g/mol. The van der Waals surface area contributed by atoms with Gasteiger partial charge in [0.1, 0.15) is 5.76 Å². The second-order valence-electron chi connectivity index (χ2n) is 5.13. The zero-order chi connectivity index (χ0) is 17.4. The van der Waals surface area contributed by atoms with Crippen molar-refractivity contribution in [2.75, 3.05) is 5.32 Å². The number of aliphatic carboxylic acids is 1. The molecule has 2 amide bonds. The molecule has 0 bridgehead atoms. The second kappa shape index (κ2) is 8.52. The molecule has 2 aromatic rings. The molecule has 0 aliphatic heterocycles. The Morgan fingerprint density at radius 2 is 1.79 bits per heavy atom. The Morgan fingerprint density at radius 1 is 1.04 bits per heavy atom. The van der Waals surface area contributed by atoms with E-state index in [0.717, 1.165) is 0 Å². The van der Waals surface area contributed by atoms with Crippen molar-refractivity contribution in [1.82, 2.24) is 5.32 Å². The number of amides is 2. The summed E-state index contributed by atoms with van der Waals surface area (Å²) in [5.74, 6) is -0.765. The fraction of sp³-hybridized carbons (Fsp3) is 0.235. The van der Waals surface area contributed by atoms with Gasteiger partial charge in [0.15, 0.2) is 0 Å². The van der Waals surface area contributed by atoms with Crippen molar-refractivity contribution in [1.29, 1.82) is 0 Å². The summed E-state index contributed by atoms with van der Waals surface area (Å²) in [5, 5.41) is 13.9. The van der Waals surface area contributed by atoms with Crippen molar-refractivity contribution in [3.05, 3.63) is 54.0 Å². The highest BCUT2D eigenvalue weighted by Gasteiger charge is 2.08. The molecule has 1 aromatic carbocycles. The Kier molecular flexibility index (Phi) is 6.13. The standard InChI is InChI=1S/C17H18N2O5/c20-15(4-1-5-16(21)22)19-13-8-6-12(7-9-13)17(23)18-11-14-3-2-10-24-14/h2-3,6-10H,1,4-5,11H2,(H,18,23)(H,19,20)(H,21,22). The lowest BCUT2D eigenvalue weighted by atomic mass is 10.2. The van der Waals surface area contributed by atoms with Gasteiger partial charge in [-0.3, -0.25) is 14.4 Å². The molecule has 1 heterocycles. The number of rotatable bonds is 8. The summed E-state index contributed by atoms with van der Waals surface area (Å²) in [6, 6.07) is 9.96. The van der Waals surface area contributed by atoms with Gasteiger partial charge in [-0.15, -0.1) is 0 Å². The molecule has 0 spiro atoms. The smallest absolute Gasteiger partial charge is 0.303 e. The van der Waals surface area contributed by atoms with Crippen LogP contribution in [0.4, 0.5) is 5.69 Å². The maximum Gasteiger partial charge on any atom is 0.303 e. The molecule has 0 radical (unpaired) electrons. The summed E-state index contributed by atoms with van der Waals surface area (Å²) in [6.07, 6.45) is 1.92. The number of carboxylic acid groups (broad SMARTS) is 1. The summed E-state index contributed by atoms with van der Waals surface area (Å²) in [4.78, 5) is 34.0. The molecule has 7 heteroatoms. The van der Waals surface area contributed by atoms with Gasteiger partial charge in [-0.05, 0) is 42.8 Å². The first kappa shape index (κ1) is 17.3. The molecular formula is C17H18N2O5. The number of nitrogens with one attached hydrogen (secondary N) is 2. The largest absolute Gasteiger partial charge is 0.481 e. The minimum Gasteiger partial charge on any atom is -0.481 e. The third-order valence-electron chi connectivity index (χ3n) is 3.23. The van der Waals surface area contributed by atoms with E-state index < -0.39 is 5.97 Å². The van der Waals surface area contributed by atoms with Crippen LogP contribution in [-0.2, 0) is 16.1 Å². The topological polar surface area (TPSA) is 109 Å². The van der Waals surface area contributed by atoms with Crippen LogP contribution in [0.15, 0.2) is 47.1 Å². The van der Waals surface area contributed by atoms with Crippen molar-refractivity contribution in [3.63, 3.8) is 0 Å². The maximum atomic E-state index is 12.0. The van der Waals surface area contributed by atoms with Crippen LogP contribution in [0.1, 0.15) is 35.4 Å². The van der Waals surface area contributed by atoms with Gasteiger partial charge in [0.05, 0.1) is 12.8 Å². The molecule has 2 rings (SSSR count). The summed E-state index contributed by atoms with van der Waals surface area (Å²) in [7, 11) is 0. The molecule has 3 N–H and O–H groups in total. The second-order valence-corrected chi connectivity index (χ2v) is 5.13. The van der Waals surface area contributed by atoms with E-state index in [4.69, 9.17) is 9.52 Å².